The molecule has 6 aromatic rings. The van der Waals surface area contributed by atoms with Gasteiger partial charge in [-0.1, -0.05) is 127 Å². The van der Waals surface area contributed by atoms with E-state index < -0.39 is 5.41 Å². The number of benzene rings is 6. The largest absolute Gasteiger partial charge is 0.289 e. The second kappa shape index (κ2) is 7.30. The molecule has 9 rings (SSSR count). The van der Waals surface area contributed by atoms with Gasteiger partial charge in [-0.05, 0) is 67.3 Å². The van der Waals surface area contributed by atoms with Gasteiger partial charge in [-0.3, -0.25) is 4.79 Å². The summed E-state index contributed by atoms with van der Waals surface area (Å²) in [4.78, 5) is 14.1. The van der Waals surface area contributed by atoms with E-state index in [1.807, 2.05) is 18.2 Å². The first-order valence-corrected chi connectivity index (χ1v) is 13.5. The lowest BCUT2D eigenvalue weighted by Crippen LogP contribution is -2.26. The molecule has 0 unspecified atom stereocenters. The molecule has 0 bridgehead atoms. The molecule has 0 saturated heterocycles. The van der Waals surface area contributed by atoms with Crippen molar-refractivity contribution in [2.24, 2.45) is 0 Å². The molecule has 0 radical (unpaired) electrons. The number of rotatable bonds is 1. The van der Waals surface area contributed by atoms with E-state index in [-0.39, 0.29) is 5.78 Å². The third-order valence-corrected chi connectivity index (χ3v) is 9.04. The van der Waals surface area contributed by atoms with E-state index >= 15 is 0 Å². The van der Waals surface area contributed by atoms with Gasteiger partial charge in [0, 0.05) is 16.7 Å². The van der Waals surface area contributed by atoms with Crippen LogP contribution in [0.4, 0.5) is 0 Å². The van der Waals surface area contributed by atoms with Crippen molar-refractivity contribution in [2.45, 2.75) is 5.41 Å². The van der Waals surface area contributed by atoms with Crippen LogP contribution in [0, 0.1) is 0 Å². The summed E-state index contributed by atoms with van der Waals surface area (Å²) in [6.07, 6.45) is 0. The standard InChI is InChI=1S/C38H22O/c39-37-27-17-5-4-16-26(27)35-34-28-18-8-11-21-32(28)38(33(34)22-29(36(35)37)23-12-2-1-3-13-23)30-19-9-6-14-24(30)25-15-7-10-20-31(25)38/h1-22H. The Bertz CT molecular complexity index is 1980. The number of ketones is 1. The van der Waals surface area contributed by atoms with Gasteiger partial charge in [0.25, 0.3) is 0 Å². The van der Waals surface area contributed by atoms with E-state index in [4.69, 9.17) is 0 Å². The SMILES string of the molecule is O=C1c2ccccc2-c2c1c(-c1ccccc1)cc1c2-c2ccccc2C12c1ccccc1-c1ccccc12. The van der Waals surface area contributed by atoms with Gasteiger partial charge in [-0.15, -0.1) is 0 Å². The number of carbonyl (C=O) groups is 1. The van der Waals surface area contributed by atoms with Gasteiger partial charge >= 0.3 is 0 Å². The number of hydrogen-bond acceptors (Lipinski definition) is 1. The minimum absolute atomic E-state index is 0.118. The molecule has 1 spiro atoms. The summed E-state index contributed by atoms with van der Waals surface area (Å²) < 4.78 is 0. The number of fused-ring (bicyclic) bond motifs is 14. The predicted molar refractivity (Wildman–Crippen MR) is 157 cm³/mol. The van der Waals surface area contributed by atoms with Crippen LogP contribution >= 0.6 is 0 Å². The fraction of sp³-hybridized carbons (Fsp3) is 0.0263. The molecule has 0 amide bonds. The lowest BCUT2D eigenvalue weighted by Gasteiger charge is -2.31. The first-order chi connectivity index (χ1) is 19.3. The second-order valence-corrected chi connectivity index (χ2v) is 10.7. The molecule has 180 valence electrons. The van der Waals surface area contributed by atoms with E-state index in [1.54, 1.807) is 0 Å². The van der Waals surface area contributed by atoms with Crippen LogP contribution in [0.25, 0.3) is 44.5 Å². The van der Waals surface area contributed by atoms with E-state index in [1.165, 1.54) is 44.5 Å². The topological polar surface area (TPSA) is 17.1 Å². The molecule has 0 saturated carbocycles. The Balaban J connectivity index is 1.53. The van der Waals surface area contributed by atoms with Crippen LogP contribution in [0.5, 0.6) is 0 Å². The molecule has 3 aliphatic rings. The van der Waals surface area contributed by atoms with Crippen molar-refractivity contribution < 1.29 is 4.79 Å². The average Bonchev–Trinajstić information content (AvgIpc) is 3.59. The molecule has 1 heteroatoms. The molecule has 39 heavy (non-hydrogen) atoms. The summed E-state index contributed by atoms with van der Waals surface area (Å²) in [7, 11) is 0. The van der Waals surface area contributed by atoms with Gasteiger partial charge < -0.3 is 0 Å². The maximum absolute atomic E-state index is 14.1. The fourth-order valence-corrected chi connectivity index (χ4v) is 7.63. The molecule has 0 heterocycles. The Kier molecular flexibility index (Phi) is 3.93. The van der Waals surface area contributed by atoms with Gasteiger partial charge in [-0.25, -0.2) is 0 Å². The van der Waals surface area contributed by atoms with Crippen molar-refractivity contribution in [1.29, 1.82) is 0 Å². The fourth-order valence-electron chi connectivity index (χ4n) is 7.63. The molecule has 0 atom stereocenters. The molecule has 0 aliphatic heterocycles. The summed E-state index contributed by atoms with van der Waals surface area (Å²) in [6, 6.07) is 47.5. The van der Waals surface area contributed by atoms with Gasteiger partial charge in [0.05, 0.1) is 5.41 Å². The maximum Gasteiger partial charge on any atom is 0.194 e. The van der Waals surface area contributed by atoms with Crippen LogP contribution in [0.2, 0.25) is 0 Å². The quantitative estimate of drug-likeness (QED) is 0.223. The van der Waals surface area contributed by atoms with E-state index in [9.17, 15) is 4.79 Å². The Labute approximate surface area is 227 Å². The molecular weight excluding hydrogens is 472 g/mol. The Morgan fingerprint density at radius 2 is 0.846 bits per heavy atom. The zero-order valence-corrected chi connectivity index (χ0v) is 21.1. The van der Waals surface area contributed by atoms with Crippen molar-refractivity contribution in [3.63, 3.8) is 0 Å². The molecule has 1 nitrogen and oxygen atoms in total. The third-order valence-electron chi connectivity index (χ3n) is 9.04. The summed E-state index contributed by atoms with van der Waals surface area (Å²) in [5.74, 6) is 0.118. The average molecular weight is 495 g/mol. The molecule has 6 aromatic carbocycles. The van der Waals surface area contributed by atoms with Crippen molar-refractivity contribution in [2.75, 3.05) is 0 Å². The smallest absolute Gasteiger partial charge is 0.194 e. The summed E-state index contributed by atoms with van der Waals surface area (Å²) in [5.41, 5.74) is 15.6. The predicted octanol–water partition coefficient (Wildman–Crippen LogP) is 8.91. The van der Waals surface area contributed by atoms with Crippen LogP contribution in [-0.2, 0) is 5.41 Å². The van der Waals surface area contributed by atoms with Crippen LogP contribution in [0.1, 0.15) is 38.2 Å². The summed E-state index contributed by atoms with van der Waals surface area (Å²) in [6.45, 7) is 0. The first kappa shape index (κ1) is 21.0. The van der Waals surface area contributed by atoms with Crippen molar-refractivity contribution >= 4 is 5.78 Å². The van der Waals surface area contributed by atoms with Crippen LogP contribution in [-0.4, -0.2) is 5.78 Å². The zero-order chi connectivity index (χ0) is 25.7. The lowest BCUT2D eigenvalue weighted by atomic mass is 9.69. The van der Waals surface area contributed by atoms with Gasteiger partial charge in [-0.2, -0.15) is 0 Å². The van der Waals surface area contributed by atoms with Gasteiger partial charge in [0.2, 0.25) is 0 Å². The Morgan fingerprint density at radius 3 is 1.49 bits per heavy atom. The maximum atomic E-state index is 14.1. The number of carbonyl (C=O) groups excluding carboxylic acids is 1. The zero-order valence-electron chi connectivity index (χ0n) is 21.1. The van der Waals surface area contributed by atoms with Gasteiger partial charge in [0.1, 0.15) is 0 Å². The van der Waals surface area contributed by atoms with E-state index in [2.05, 4.69) is 115 Å². The minimum atomic E-state index is -0.446. The highest BCUT2D eigenvalue weighted by Gasteiger charge is 2.53. The normalized spacial score (nSPS) is 14.4. The Morgan fingerprint density at radius 1 is 0.359 bits per heavy atom. The molecule has 0 fully saturated rings. The van der Waals surface area contributed by atoms with Crippen LogP contribution in [0.15, 0.2) is 133 Å². The van der Waals surface area contributed by atoms with Crippen LogP contribution in [0.3, 0.4) is 0 Å². The minimum Gasteiger partial charge on any atom is -0.289 e. The third kappa shape index (κ3) is 2.40. The van der Waals surface area contributed by atoms with E-state index in [0.717, 1.165) is 33.4 Å². The van der Waals surface area contributed by atoms with Gasteiger partial charge in [0.15, 0.2) is 5.78 Å². The molecular formula is C38H22O. The second-order valence-electron chi connectivity index (χ2n) is 10.7. The lowest BCUT2D eigenvalue weighted by molar-refractivity contribution is 0.104. The van der Waals surface area contributed by atoms with Crippen LogP contribution < -0.4 is 0 Å². The molecule has 3 aliphatic carbocycles. The molecule has 0 N–H and O–H groups in total. The first-order valence-electron chi connectivity index (χ1n) is 13.5. The van der Waals surface area contributed by atoms with Crippen molar-refractivity contribution in [1.82, 2.24) is 0 Å². The van der Waals surface area contributed by atoms with Crippen molar-refractivity contribution in [3.05, 3.63) is 167 Å². The summed E-state index contributed by atoms with van der Waals surface area (Å²) >= 11 is 0. The monoisotopic (exact) mass is 494 g/mol. The highest BCUT2D eigenvalue weighted by molar-refractivity contribution is 6.27. The molecule has 0 aromatic heterocycles. The highest BCUT2D eigenvalue weighted by atomic mass is 16.1. The highest BCUT2D eigenvalue weighted by Crippen LogP contribution is 2.65. The number of hydrogen-bond donors (Lipinski definition) is 0. The van der Waals surface area contributed by atoms with E-state index in [0.29, 0.717) is 0 Å². The Hall–Kier alpha value is -5.01. The summed E-state index contributed by atoms with van der Waals surface area (Å²) in [5, 5.41) is 0. The van der Waals surface area contributed by atoms with Crippen molar-refractivity contribution in [3.8, 4) is 44.5 Å².